The van der Waals surface area contributed by atoms with E-state index in [9.17, 15) is 39.5 Å². The number of hydrogen-bond donors (Lipinski definition) is 1. The molecule has 0 unspecified atom stereocenters. The molecule has 5 aromatic rings. The van der Waals surface area contributed by atoms with Crippen molar-refractivity contribution in [1.82, 2.24) is 5.10 Å². The van der Waals surface area contributed by atoms with Crippen LogP contribution >= 0.6 is 0 Å². The lowest BCUT2D eigenvalue weighted by molar-refractivity contribution is -0.600. The summed E-state index contributed by atoms with van der Waals surface area (Å²) in [5.41, 5.74) is -8.06. The van der Waals surface area contributed by atoms with Gasteiger partial charge in [0.15, 0.2) is 52.4 Å². The summed E-state index contributed by atoms with van der Waals surface area (Å²) in [5.74, 6) is -45.9. The van der Waals surface area contributed by atoms with E-state index in [0.29, 0.717) is 11.8 Å². The van der Waals surface area contributed by atoms with Crippen molar-refractivity contribution in [3.8, 4) is 0 Å². The van der Waals surface area contributed by atoms with Crippen molar-refractivity contribution in [3.63, 3.8) is 0 Å². The van der Waals surface area contributed by atoms with Crippen molar-refractivity contribution in [1.29, 1.82) is 0 Å². The van der Waals surface area contributed by atoms with Crippen LogP contribution in [0.5, 0.6) is 0 Å². The standard InChI is InChI=1S/C27H10BF15N2/c1-6-3-7(2)27-8(4-6)5-45(44-27)28(9-12(29)18(35)24(41)19(36)13(9)30,10-14(31)20(37)25(42)21(38)15(10)32)11-16(33)22(39)26(43)23(40)17(11)34/h3-5,44H,1-2H3. The van der Waals surface area contributed by atoms with Crippen molar-refractivity contribution in [2.45, 2.75) is 13.8 Å². The Bertz CT molecular complexity index is 1850. The van der Waals surface area contributed by atoms with Crippen LogP contribution in [-0.2, 0) is 0 Å². The number of fused-ring (bicyclic) bond motifs is 1. The number of aromatic nitrogens is 2. The summed E-state index contributed by atoms with van der Waals surface area (Å²) in [6.07, 6.45) is -5.51. The van der Waals surface area contributed by atoms with E-state index in [-0.39, 0.29) is 21.1 Å². The molecule has 45 heavy (non-hydrogen) atoms. The summed E-state index contributed by atoms with van der Waals surface area (Å²) < 4.78 is 225. The fraction of sp³-hybridized carbons (Fsp3) is 0.0741. The Balaban J connectivity index is 2.28. The Morgan fingerprint density at radius 2 is 0.733 bits per heavy atom. The van der Waals surface area contributed by atoms with E-state index in [1.807, 2.05) is 0 Å². The molecule has 0 bridgehead atoms. The topological polar surface area (TPSA) is 19.7 Å². The largest absolute Gasteiger partial charge is 0.400 e. The smallest absolute Gasteiger partial charge is 0.320 e. The number of benzene rings is 4. The lowest BCUT2D eigenvalue weighted by Gasteiger charge is -2.36. The molecule has 0 saturated carbocycles. The highest BCUT2D eigenvalue weighted by Gasteiger charge is 2.58. The highest BCUT2D eigenvalue weighted by molar-refractivity contribution is 7.05. The third-order valence-corrected chi connectivity index (χ3v) is 7.43. The lowest BCUT2D eigenvalue weighted by Crippen LogP contribution is -2.89. The highest BCUT2D eigenvalue weighted by Crippen LogP contribution is 2.28. The fourth-order valence-corrected chi connectivity index (χ4v) is 5.59. The van der Waals surface area contributed by atoms with Crippen LogP contribution in [0.15, 0.2) is 18.3 Å². The van der Waals surface area contributed by atoms with E-state index in [1.54, 1.807) is 0 Å². The van der Waals surface area contributed by atoms with Gasteiger partial charge in [-0.2, -0.15) is 0 Å². The number of halogens is 15. The molecule has 5 rings (SSSR count). The molecule has 0 saturated heterocycles. The maximum Gasteiger partial charge on any atom is 0.400 e. The number of aromatic amines is 1. The first-order valence-electron chi connectivity index (χ1n) is 12.1. The van der Waals surface area contributed by atoms with Crippen LogP contribution < -0.4 is 21.0 Å². The van der Waals surface area contributed by atoms with Crippen LogP contribution in [0, 0.1) is 101 Å². The Labute approximate surface area is 240 Å². The molecular formula is C27H10BF15N2. The number of H-pyrrole nitrogens is 1. The maximum atomic E-state index is 15.7. The van der Waals surface area contributed by atoms with Gasteiger partial charge in [-0.15, -0.1) is 0 Å². The van der Waals surface area contributed by atoms with E-state index in [2.05, 4.69) is 5.10 Å². The van der Waals surface area contributed by atoms with Gasteiger partial charge in [-0.05, 0) is 47.4 Å². The molecule has 0 aliphatic carbocycles. The van der Waals surface area contributed by atoms with E-state index in [0.717, 1.165) is 6.07 Å². The summed E-state index contributed by atoms with van der Waals surface area (Å²) in [5, 5.41) is 1.83. The summed E-state index contributed by atoms with van der Waals surface area (Å²) in [6, 6.07) is 2.51. The minimum Gasteiger partial charge on any atom is -0.320 e. The van der Waals surface area contributed by atoms with Crippen LogP contribution in [0.1, 0.15) is 11.1 Å². The molecule has 1 heterocycles. The molecule has 0 atom stereocenters. The first-order valence-corrected chi connectivity index (χ1v) is 12.1. The van der Waals surface area contributed by atoms with Crippen LogP contribution in [-0.4, -0.2) is 11.4 Å². The highest BCUT2D eigenvalue weighted by atomic mass is 19.2. The molecule has 4 aromatic carbocycles. The van der Waals surface area contributed by atoms with Crippen LogP contribution in [0.3, 0.4) is 0 Å². The average molecular weight is 658 g/mol. The van der Waals surface area contributed by atoms with Crippen molar-refractivity contribution < 1.29 is 70.4 Å². The van der Waals surface area contributed by atoms with Gasteiger partial charge in [0.2, 0.25) is 0 Å². The number of nitrogens with one attached hydrogen (secondary N) is 1. The zero-order chi connectivity index (χ0) is 33.6. The minimum atomic E-state index is -5.94. The second-order valence-electron chi connectivity index (χ2n) is 9.97. The molecule has 0 amide bonds. The van der Waals surface area contributed by atoms with Gasteiger partial charge in [0.1, 0.15) is 46.6 Å². The number of nitrogens with zero attached hydrogens (tertiary/aromatic N) is 1. The quantitative estimate of drug-likeness (QED) is 0.111. The molecule has 0 radical (unpaired) electrons. The predicted octanol–water partition coefficient (Wildman–Crippen LogP) is 5.67. The zero-order valence-corrected chi connectivity index (χ0v) is 21.9. The molecule has 1 aromatic heterocycles. The van der Waals surface area contributed by atoms with Crippen LogP contribution in [0.2, 0.25) is 0 Å². The van der Waals surface area contributed by atoms with Crippen LogP contribution in [0.4, 0.5) is 65.9 Å². The number of rotatable bonds is 4. The molecular weight excluding hydrogens is 648 g/mol. The lowest BCUT2D eigenvalue weighted by atomic mass is 9.23. The third kappa shape index (κ3) is 4.13. The Kier molecular flexibility index (Phi) is 7.40. The van der Waals surface area contributed by atoms with Gasteiger partial charge < -0.3 is 4.59 Å². The zero-order valence-electron chi connectivity index (χ0n) is 21.9. The maximum absolute atomic E-state index is 15.7. The van der Waals surface area contributed by atoms with Gasteiger partial charge >= 0.3 is 6.28 Å². The second-order valence-corrected chi connectivity index (χ2v) is 9.97. The summed E-state index contributed by atoms with van der Waals surface area (Å²) >= 11 is 0. The SMILES string of the molecule is Cc1cc(C)c2[nH][n+]([B-](c3c(F)c(F)c(F)c(F)c3F)(c3c(F)c(F)c(F)c(F)c3F)c3c(F)c(F)c(F)c(F)c3F)cc2c1. The number of hydrogen-bond acceptors (Lipinski definition) is 0. The fourth-order valence-electron chi connectivity index (χ4n) is 5.59. The monoisotopic (exact) mass is 658 g/mol. The molecule has 0 fully saturated rings. The van der Waals surface area contributed by atoms with E-state index >= 15 is 26.3 Å². The molecule has 2 nitrogen and oxygen atoms in total. The van der Waals surface area contributed by atoms with Gasteiger partial charge in [-0.3, -0.25) is 0 Å². The summed E-state index contributed by atoms with van der Waals surface area (Å²) in [6.45, 7) is 2.72. The second kappa shape index (κ2) is 10.5. The Hall–Kier alpha value is -4.64. The first kappa shape index (κ1) is 31.8. The Morgan fingerprint density at radius 1 is 0.444 bits per heavy atom. The first-order chi connectivity index (χ1) is 20.9. The molecule has 1 N–H and O–H groups in total. The van der Waals surface area contributed by atoms with Gasteiger partial charge in [0.25, 0.3) is 0 Å². The van der Waals surface area contributed by atoms with Gasteiger partial charge in [-0.25, -0.2) is 71.0 Å². The van der Waals surface area contributed by atoms with Crippen molar-refractivity contribution in [2.75, 3.05) is 0 Å². The van der Waals surface area contributed by atoms with Gasteiger partial charge in [0, 0.05) is 0 Å². The van der Waals surface area contributed by atoms with E-state index in [1.165, 1.54) is 19.9 Å². The molecule has 18 heteroatoms. The Morgan fingerprint density at radius 3 is 1.04 bits per heavy atom. The summed E-state index contributed by atoms with van der Waals surface area (Å²) in [7, 11) is 0. The van der Waals surface area contributed by atoms with Gasteiger partial charge in [-0.1, -0.05) is 6.07 Å². The molecule has 0 aliphatic heterocycles. The minimum absolute atomic E-state index is 0.0979. The average Bonchev–Trinajstić information content (AvgIpc) is 3.43. The van der Waals surface area contributed by atoms with Crippen molar-refractivity contribution in [2.24, 2.45) is 0 Å². The molecule has 0 spiro atoms. The van der Waals surface area contributed by atoms with E-state index in [4.69, 9.17) is 0 Å². The molecule has 236 valence electrons. The normalized spacial score (nSPS) is 12.1. The van der Waals surface area contributed by atoms with Gasteiger partial charge in [0.05, 0.1) is 5.39 Å². The molecule has 0 aliphatic rings. The summed E-state index contributed by atoms with van der Waals surface area (Å²) in [4.78, 5) is 0. The van der Waals surface area contributed by atoms with Crippen LogP contribution in [0.25, 0.3) is 10.9 Å². The van der Waals surface area contributed by atoms with Crippen molar-refractivity contribution >= 4 is 33.6 Å². The van der Waals surface area contributed by atoms with E-state index < -0.39 is 110 Å². The number of aryl methyl sites for hydroxylation is 2. The third-order valence-electron chi connectivity index (χ3n) is 7.43. The van der Waals surface area contributed by atoms with Crippen molar-refractivity contribution in [3.05, 3.63) is 117 Å². The predicted molar refractivity (Wildman–Crippen MR) is 127 cm³/mol.